The number of amides is 1. The van der Waals surface area contributed by atoms with Crippen LogP contribution in [0.3, 0.4) is 0 Å². The molecule has 0 N–H and O–H groups in total. The van der Waals surface area contributed by atoms with Gasteiger partial charge in [0.05, 0.1) is 23.5 Å². The molecule has 1 heterocycles. The molecule has 0 aliphatic carbocycles. The van der Waals surface area contributed by atoms with Crippen molar-refractivity contribution in [3.05, 3.63) is 76.6 Å². The first kappa shape index (κ1) is 19.8. The number of benzene rings is 2. The summed E-state index contributed by atoms with van der Waals surface area (Å²) in [6, 6.07) is 11.7. The molecule has 28 heavy (non-hydrogen) atoms. The summed E-state index contributed by atoms with van der Waals surface area (Å²) < 4.78 is 33.5. The summed E-state index contributed by atoms with van der Waals surface area (Å²) in [7, 11) is 1.60. The number of nitrogens with zero attached hydrogens (tertiary/aromatic N) is 3. The fourth-order valence-corrected chi connectivity index (χ4v) is 3.00. The maximum Gasteiger partial charge on any atom is 0.258 e. The summed E-state index contributed by atoms with van der Waals surface area (Å²) in [5.74, 6) is -1.06. The summed E-state index contributed by atoms with van der Waals surface area (Å²) in [5, 5.41) is 4.42. The van der Waals surface area contributed by atoms with Gasteiger partial charge >= 0.3 is 0 Å². The molecular weight excluding hydrogens is 388 g/mol. The van der Waals surface area contributed by atoms with Crippen LogP contribution in [-0.4, -0.2) is 40.8 Å². The maximum atomic E-state index is 13.6. The molecule has 0 aliphatic heterocycles. The Hall–Kier alpha value is -2.93. The van der Waals surface area contributed by atoms with Gasteiger partial charge in [0.2, 0.25) is 0 Å². The predicted molar refractivity (Wildman–Crippen MR) is 102 cm³/mol. The molecule has 0 radical (unpaired) electrons. The van der Waals surface area contributed by atoms with Crippen molar-refractivity contribution in [3.8, 4) is 11.4 Å². The monoisotopic (exact) mass is 405 g/mol. The van der Waals surface area contributed by atoms with E-state index in [1.54, 1.807) is 26.1 Å². The predicted octanol–water partition coefficient (Wildman–Crippen LogP) is 4.26. The highest BCUT2D eigenvalue weighted by Crippen LogP contribution is 2.25. The second-order valence-electron chi connectivity index (χ2n) is 6.15. The van der Waals surface area contributed by atoms with Crippen LogP contribution in [0, 0.1) is 18.6 Å². The second-order valence-corrected chi connectivity index (χ2v) is 6.50. The lowest BCUT2D eigenvalue weighted by molar-refractivity contribution is 0.0772. The topological polar surface area (TPSA) is 47.4 Å². The Labute approximate surface area is 166 Å². The number of hydrogen-bond acceptors (Lipinski definition) is 3. The van der Waals surface area contributed by atoms with Gasteiger partial charge in [-0.3, -0.25) is 4.79 Å². The number of ether oxygens (including phenoxy) is 1. The molecule has 0 aliphatic rings. The number of halogens is 3. The Bertz CT molecular complexity index is 990. The SMILES string of the molecule is Cc1nn(-c2ccc(F)cc2)c(Cl)c1C(=O)N(C)CCOc1ccccc1F. The van der Waals surface area contributed by atoms with Crippen molar-refractivity contribution < 1.29 is 18.3 Å². The number of carbonyl (C=O) groups excluding carboxylic acids is 1. The molecule has 8 heteroatoms. The Morgan fingerprint density at radius 2 is 1.86 bits per heavy atom. The molecule has 0 bridgehead atoms. The summed E-state index contributed by atoms with van der Waals surface area (Å²) in [6.45, 7) is 2.01. The zero-order valence-corrected chi connectivity index (χ0v) is 16.1. The van der Waals surface area contributed by atoms with Crippen molar-refractivity contribution >= 4 is 17.5 Å². The standard InChI is InChI=1S/C20H18ClF2N3O2/c1-13-18(19(21)26(24-13)15-9-7-14(22)8-10-15)20(27)25(2)11-12-28-17-6-4-3-5-16(17)23/h3-10H,11-12H2,1-2H3. The smallest absolute Gasteiger partial charge is 0.258 e. The molecule has 1 aromatic heterocycles. The highest BCUT2D eigenvalue weighted by Gasteiger charge is 2.24. The van der Waals surface area contributed by atoms with Gasteiger partial charge in [0, 0.05) is 7.05 Å². The molecule has 0 atom stereocenters. The van der Waals surface area contributed by atoms with Crippen LogP contribution in [0.25, 0.3) is 5.69 Å². The molecule has 1 amide bonds. The van der Waals surface area contributed by atoms with Gasteiger partial charge < -0.3 is 9.64 Å². The van der Waals surface area contributed by atoms with Crippen LogP contribution in [0.1, 0.15) is 16.1 Å². The van der Waals surface area contributed by atoms with E-state index in [0.29, 0.717) is 11.4 Å². The number of para-hydroxylation sites is 1. The van der Waals surface area contributed by atoms with Gasteiger partial charge in [-0.15, -0.1) is 0 Å². The zero-order valence-electron chi connectivity index (χ0n) is 15.3. The summed E-state index contributed by atoms with van der Waals surface area (Å²) in [6.07, 6.45) is 0. The van der Waals surface area contributed by atoms with Gasteiger partial charge in [0.15, 0.2) is 11.6 Å². The molecule has 3 aromatic rings. The van der Waals surface area contributed by atoms with Gasteiger partial charge in [-0.1, -0.05) is 23.7 Å². The zero-order chi connectivity index (χ0) is 20.3. The van der Waals surface area contributed by atoms with Crippen molar-refractivity contribution in [2.75, 3.05) is 20.2 Å². The average Bonchev–Trinajstić information content (AvgIpc) is 2.97. The largest absolute Gasteiger partial charge is 0.489 e. The summed E-state index contributed by atoms with van der Waals surface area (Å²) in [4.78, 5) is 14.2. The van der Waals surface area contributed by atoms with E-state index >= 15 is 0 Å². The van der Waals surface area contributed by atoms with Crippen molar-refractivity contribution in [1.82, 2.24) is 14.7 Å². The summed E-state index contributed by atoms with van der Waals surface area (Å²) >= 11 is 6.37. The van der Waals surface area contributed by atoms with Gasteiger partial charge in [-0.2, -0.15) is 5.10 Å². The van der Waals surface area contributed by atoms with Crippen LogP contribution in [0.15, 0.2) is 48.5 Å². The lowest BCUT2D eigenvalue weighted by Gasteiger charge is -2.17. The molecular formula is C20H18ClF2N3O2. The quantitative estimate of drug-likeness (QED) is 0.615. The molecule has 5 nitrogen and oxygen atoms in total. The third kappa shape index (κ3) is 4.14. The second kappa shape index (κ2) is 8.39. The van der Waals surface area contributed by atoms with E-state index in [1.165, 1.54) is 46.0 Å². The molecule has 0 fully saturated rings. The van der Waals surface area contributed by atoms with Crippen LogP contribution in [0.2, 0.25) is 5.15 Å². The van der Waals surface area contributed by atoms with E-state index in [2.05, 4.69) is 5.10 Å². The maximum absolute atomic E-state index is 13.6. The van der Waals surface area contributed by atoms with E-state index in [0.717, 1.165) is 0 Å². The molecule has 0 unspecified atom stereocenters. The highest BCUT2D eigenvalue weighted by atomic mass is 35.5. The number of carbonyl (C=O) groups is 1. The van der Waals surface area contributed by atoms with E-state index in [1.807, 2.05) is 0 Å². The normalized spacial score (nSPS) is 10.8. The van der Waals surface area contributed by atoms with Gasteiger partial charge in [0.25, 0.3) is 5.91 Å². The summed E-state index contributed by atoms with van der Waals surface area (Å²) in [5.41, 5.74) is 1.24. The van der Waals surface area contributed by atoms with Crippen LogP contribution in [0.4, 0.5) is 8.78 Å². The molecule has 146 valence electrons. The molecule has 0 saturated carbocycles. The molecule has 3 rings (SSSR count). The molecule has 0 spiro atoms. The Balaban J connectivity index is 1.71. The van der Waals surface area contributed by atoms with Crippen LogP contribution >= 0.6 is 11.6 Å². The fourth-order valence-electron chi connectivity index (χ4n) is 2.64. The van der Waals surface area contributed by atoms with Crippen molar-refractivity contribution in [2.24, 2.45) is 0 Å². The van der Waals surface area contributed by atoms with Crippen LogP contribution in [0.5, 0.6) is 5.75 Å². The number of likely N-dealkylation sites (N-methyl/N-ethyl adjacent to an activating group) is 1. The van der Waals surface area contributed by atoms with Crippen molar-refractivity contribution in [2.45, 2.75) is 6.92 Å². The van der Waals surface area contributed by atoms with Gasteiger partial charge in [0.1, 0.15) is 17.6 Å². The minimum atomic E-state index is -0.462. The Morgan fingerprint density at radius 3 is 2.54 bits per heavy atom. The van der Waals surface area contributed by atoms with Crippen molar-refractivity contribution in [3.63, 3.8) is 0 Å². The number of aryl methyl sites for hydroxylation is 1. The Morgan fingerprint density at radius 1 is 1.18 bits per heavy atom. The molecule has 0 saturated heterocycles. The first-order valence-corrected chi connectivity index (χ1v) is 8.90. The number of hydrogen-bond donors (Lipinski definition) is 0. The van der Waals surface area contributed by atoms with E-state index in [-0.39, 0.29) is 41.3 Å². The van der Waals surface area contributed by atoms with Gasteiger partial charge in [-0.05, 0) is 43.3 Å². The third-order valence-corrected chi connectivity index (χ3v) is 4.51. The van der Waals surface area contributed by atoms with Crippen LogP contribution in [-0.2, 0) is 0 Å². The molecule has 2 aromatic carbocycles. The Kier molecular flexibility index (Phi) is 5.94. The van der Waals surface area contributed by atoms with E-state index in [9.17, 15) is 13.6 Å². The minimum absolute atomic E-state index is 0.117. The lowest BCUT2D eigenvalue weighted by Crippen LogP contribution is -2.31. The highest BCUT2D eigenvalue weighted by molar-refractivity contribution is 6.33. The number of aromatic nitrogens is 2. The van der Waals surface area contributed by atoms with E-state index in [4.69, 9.17) is 16.3 Å². The fraction of sp³-hybridized carbons (Fsp3) is 0.200. The first-order valence-electron chi connectivity index (χ1n) is 8.52. The lowest BCUT2D eigenvalue weighted by atomic mass is 10.2. The van der Waals surface area contributed by atoms with E-state index < -0.39 is 5.82 Å². The average molecular weight is 406 g/mol. The van der Waals surface area contributed by atoms with Gasteiger partial charge in [-0.25, -0.2) is 13.5 Å². The first-order chi connectivity index (χ1) is 13.4. The number of rotatable bonds is 6. The van der Waals surface area contributed by atoms with Crippen LogP contribution < -0.4 is 4.74 Å². The van der Waals surface area contributed by atoms with Crippen molar-refractivity contribution in [1.29, 1.82) is 0 Å². The third-order valence-electron chi connectivity index (χ3n) is 4.16. The minimum Gasteiger partial charge on any atom is -0.489 e.